The first kappa shape index (κ1) is 15.3. The van der Waals surface area contributed by atoms with Crippen LogP contribution < -0.4 is 5.73 Å². The zero-order chi connectivity index (χ0) is 13.9. The topological polar surface area (TPSA) is 44.5 Å². The van der Waals surface area contributed by atoms with E-state index in [0.29, 0.717) is 11.3 Å². The number of hydrogen-bond donors (Lipinski definition) is 1. The summed E-state index contributed by atoms with van der Waals surface area (Å²) in [5.41, 5.74) is 6.63. The van der Waals surface area contributed by atoms with Gasteiger partial charge in [0, 0.05) is 19.3 Å². The van der Waals surface area contributed by atoms with Gasteiger partial charge in [-0.1, -0.05) is 20.8 Å². The molecule has 2 rings (SSSR count). The van der Waals surface area contributed by atoms with Gasteiger partial charge in [-0.05, 0) is 49.4 Å². The second-order valence-corrected chi connectivity index (χ2v) is 7.47. The van der Waals surface area contributed by atoms with E-state index in [-0.39, 0.29) is 12.1 Å². The van der Waals surface area contributed by atoms with Crippen LogP contribution in [0.5, 0.6) is 0 Å². The van der Waals surface area contributed by atoms with Crippen molar-refractivity contribution in [2.75, 3.05) is 19.8 Å². The van der Waals surface area contributed by atoms with E-state index in [0.717, 1.165) is 51.4 Å². The van der Waals surface area contributed by atoms with E-state index in [1.165, 1.54) is 6.42 Å². The highest BCUT2D eigenvalue weighted by molar-refractivity contribution is 4.88. The maximum absolute atomic E-state index is 6.25. The molecule has 3 nitrogen and oxygen atoms in total. The zero-order valence-electron chi connectivity index (χ0n) is 12.9. The third-order valence-corrected chi connectivity index (χ3v) is 4.95. The van der Waals surface area contributed by atoms with Gasteiger partial charge in [0.05, 0.1) is 12.7 Å². The monoisotopic (exact) mass is 269 g/mol. The highest BCUT2D eigenvalue weighted by atomic mass is 16.5. The molecule has 0 spiro atoms. The Kier molecular flexibility index (Phi) is 5.27. The molecule has 0 bridgehead atoms. The summed E-state index contributed by atoms with van der Waals surface area (Å²) in [6, 6.07) is 0.235. The molecule has 112 valence electrons. The molecule has 3 atom stereocenters. The number of hydrogen-bond acceptors (Lipinski definition) is 3. The quantitative estimate of drug-likeness (QED) is 0.856. The molecule has 2 fully saturated rings. The first-order valence-corrected chi connectivity index (χ1v) is 7.91. The van der Waals surface area contributed by atoms with Crippen molar-refractivity contribution in [2.45, 2.75) is 65.0 Å². The van der Waals surface area contributed by atoms with Gasteiger partial charge in [-0.15, -0.1) is 0 Å². The van der Waals surface area contributed by atoms with Gasteiger partial charge >= 0.3 is 0 Å². The van der Waals surface area contributed by atoms with Gasteiger partial charge in [-0.3, -0.25) is 0 Å². The second kappa shape index (κ2) is 6.55. The van der Waals surface area contributed by atoms with Crippen molar-refractivity contribution >= 4 is 0 Å². The van der Waals surface area contributed by atoms with Crippen LogP contribution in [0.3, 0.4) is 0 Å². The molecule has 0 aromatic carbocycles. The van der Waals surface area contributed by atoms with E-state index in [1.807, 2.05) is 0 Å². The van der Waals surface area contributed by atoms with Crippen molar-refractivity contribution in [3.63, 3.8) is 0 Å². The second-order valence-electron chi connectivity index (χ2n) is 7.47. The zero-order valence-corrected chi connectivity index (χ0v) is 12.9. The summed E-state index contributed by atoms with van der Waals surface area (Å²) in [4.78, 5) is 0. The first-order chi connectivity index (χ1) is 8.97. The Hall–Kier alpha value is -0.120. The predicted molar refractivity (Wildman–Crippen MR) is 78.1 cm³/mol. The lowest BCUT2D eigenvalue weighted by atomic mass is 9.70. The van der Waals surface area contributed by atoms with Crippen LogP contribution in [0.4, 0.5) is 0 Å². The van der Waals surface area contributed by atoms with E-state index in [4.69, 9.17) is 15.2 Å². The van der Waals surface area contributed by atoms with Crippen molar-refractivity contribution in [1.29, 1.82) is 0 Å². The van der Waals surface area contributed by atoms with Crippen molar-refractivity contribution in [3.05, 3.63) is 0 Å². The number of rotatable bonds is 3. The highest BCUT2D eigenvalue weighted by Gasteiger charge is 2.35. The van der Waals surface area contributed by atoms with E-state index in [9.17, 15) is 0 Å². The Morgan fingerprint density at radius 3 is 2.42 bits per heavy atom. The van der Waals surface area contributed by atoms with Crippen LogP contribution in [-0.2, 0) is 9.47 Å². The van der Waals surface area contributed by atoms with Gasteiger partial charge in [0.25, 0.3) is 0 Å². The smallest absolute Gasteiger partial charge is 0.0728 e. The standard InChI is InChI=1S/C16H31NO2/c1-16(2,3)13-4-5-14(17)15(10-13)19-11-12-6-8-18-9-7-12/h12-15H,4-11,17H2,1-3H3. The van der Waals surface area contributed by atoms with Gasteiger partial charge in [0.15, 0.2) is 0 Å². The minimum atomic E-state index is 0.235. The van der Waals surface area contributed by atoms with Crippen LogP contribution in [0.2, 0.25) is 0 Å². The van der Waals surface area contributed by atoms with Gasteiger partial charge < -0.3 is 15.2 Å². The van der Waals surface area contributed by atoms with Gasteiger partial charge in [-0.25, -0.2) is 0 Å². The fraction of sp³-hybridized carbons (Fsp3) is 1.00. The van der Waals surface area contributed by atoms with E-state index >= 15 is 0 Å². The maximum Gasteiger partial charge on any atom is 0.0728 e. The molecule has 1 saturated carbocycles. The van der Waals surface area contributed by atoms with Crippen LogP contribution in [0.1, 0.15) is 52.9 Å². The van der Waals surface area contributed by atoms with Crippen molar-refractivity contribution in [1.82, 2.24) is 0 Å². The summed E-state index contributed by atoms with van der Waals surface area (Å²) in [7, 11) is 0. The average molecular weight is 269 g/mol. The van der Waals surface area contributed by atoms with Crippen LogP contribution in [0.25, 0.3) is 0 Å². The molecule has 1 saturated heterocycles. The van der Waals surface area contributed by atoms with Crippen LogP contribution >= 0.6 is 0 Å². The molecule has 1 aliphatic carbocycles. The summed E-state index contributed by atoms with van der Waals surface area (Å²) >= 11 is 0. The fourth-order valence-corrected chi connectivity index (χ4v) is 3.30. The molecule has 0 aromatic rings. The molecule has 19 heavy (non-hydrogen) atoms. The minimum absolute atomic E-state index is 0.235. The molecule has 2 aliphatic rings. The van der Waals surface area contributed by atoms with E-state index < -0.39 is 0 Å². The molecule has 1 aliphatic heterocycles. The lowest BCUT2D eigenvalue weighted by molar-refractivity contribution is -0.0496. The van der Waals surface area contributed by atoms with Gasteiger partial charge in [0.2, 0.25) is 0 Å². The Balaban J connectivity index is 1.80. The molecule has 3 heteroatoms. The third kappa shape index (κ3) is 4.44. The maximum atomic E-state index is 6.25. The van der Waals surface area contributed by atoms with Crippen LogP contribution in [-0.4, -0.2) is 32.0 Å². The predicted octanol–water partition coefficient (Wildman–Crippen LogP) is 2.97. The lowest BCUT2D eigenvalue weighted by Crippen LogP contribution is -2.45. The Morgan fingerprint density at radius 1 is 1.11 bits per heavy atom. The molecule has 3 unspecified atom stereocenters. The van der Waals surface area contributed by atoms with E-state index in [2.05, 4.69) is 20.8 Å². The first-order valence-electron chi connectivity index (χ1n) is 7.91. The third-order valence-electron chi connectivity index (χ3n) is 4.95. The average Bonchev–Trinajstić information content (AvgIpc) is 2.37. The minimum Gasteiger partial charge on any atom is -0.381 e. The largest absolute Gasteiger partial charge is 0.381 e. The summed E-state index contributed by atoms with van der Waals surface area (Å²) in [6.07, 6.45) is 6.05. The summed E-state index contributed by atoms with van der Waals surface area (Å²) < 4.78 is 11.6. The lowest BCUT2D eigenvalue weighted by Gasteiger charge is -2.41. The number of ether oxygens (including phenoxy) is 2. The van der Waals surface area contributed by atoms with Crippen molar-refractivity contribution < 1.29 is 9.47 Å². The van der Waals surface area contributed by atoms with Crippen LogP contribution in [0, 0.1) is 17.3 Å². The summed E-state index contributed by atoms with van der Waals surface area (Å²) in [5.74, 6) is 1.42. The van der Waals surface area contributed by atoms with Crippen molar-refractivity contribution in [2.24, 2.45) is 23.0 Å². The summed E-state index contributed by atoms with van der Waals surface area (Å²) in [5, 5.41) is 0. The Morgan fingerprint density at radius 2 is 1.79 bits per heavy atom. The Bertz CT molecular complexity index is 268. The highest BCUT2D eigenvalue weighted by Crippen LogP contribution is 2.38. The van der Waals surface area contributed by atoms with Gasteiger partial charge in [-0.2, -0.15) is 0 Å². The van der Waals surface area contributed by atoms with Gasteiger partial charge in [0.1, 0.15) is 0 Å². The summed E-state index contributed by atoms with van der Waals surface area (Å²) in [6.45, 7) is 9.68. The van der Waals surface area contributed by atoms with Crippen molar-refractivity contribution in [3.8, 4) is 0 Å². The van der Waals surface area contributed by atoms with E-state index in [1.54, 1.807) is 0 Å². The molecule has 0 amide bonds. The molecule has 1 heterocycles. The molecular formula is C16H31NO2. The molecule has 0 aromatic heterocycles. The Labute approximate surface area is 118 Å². The molecule has 0 radical (unpaired) electrons. The SMILES string of the molecule is CC(C)(C)C1CCC(N)C(OCC2CCOCC2)C1. The number of nitrogens with two attached hydrogens (primary N) is 1. The molecule has 2 N–H and O–H groups in total. The normalized spacial score (nSPS) is 34.4. The van der Waals surface area contributed by atoms with Crippen LogP contribution in [0.15, 0.2) is 0 Å². The molecular weight excluding hydrogens is 238 g/mol. The fourth-order valence-electron chi connectivity index (χ4n) is 3.30.